The molecule has 0 unspecified atom stereocenters. The van der Waals surface area contributed by atoms with E-state index in [0.29, 0.717) is 11.8 Å². The number of aromatic hydroxyl groups is 1. The Hall–Kier alpha value is -2.01. The quantitative estimate of drug-likeness (QED) is 0.765. The molecule has 0 saturated heterocycles. The molecule has 18 heavy (non-hydrogen) atoms. The smallest absolute Gasteiger partial charge is 0.321 e. The van der Waals surface area contributed by atoms with Gasteiger partial charge in [-0.05, 0) is 31.8 Å². The molecule has 0 saturated carbocycles. The number of phenolic OH excluding ortho intramolecular Hbond substituents is 1. The van der Waals surface area contributed by atoms with Crippen LogP contribution in [0.5, 0.6) is 5.75 Å². The first-order valence-electron chi connectivity index (χ1n) is 5.68. The van der Waals surface area contributed by atoms with Crippen LogP contribution in [0.1, 0.15) is 5.56 Å². The molecule has 0 fully saturated rings. The minimum Gasteiger partial charge on any atom is -0.507 e. The molecule has 3 N–H and O–H groups in total. The van der Waals surface area contributed by atoms with E-state index >= 15 is 0 Å². The maximum absolute atomic E-state index is 11.2. The van der Waals surface area contributed by atoms with E-state index in [4.69, 9.17) is 5.11 Å². The van der Waals surface area contributed by atoms with Gasteiger partial charge in [0.1, 0.15) is 11.8 Å². The van der Waals surface area contributed by atoms with Crippen LogP contribution < -0.4 is 0 Å². The summed E-state index contributed by atoms with van der Waals surface area (Å²) >= 11 is 0. The molecule has 0 aliphatic heterocycles. The number of carboxylic acid groups (broad SMARTS) is 1. The molecule has 0 bridgehead atoms. The van der Waals surface area contributed by atoms with E-state index in [-0.39, 0.29) is 5.75 Å². The Morgan fingerprint density at radius 2 is 2.17 bits per heavy atom. The number of H-pyrrole nitrogens is 1. The molecule has 1 aromatic heterocycles. The van der Waals surface area contributed by atoms with Gasteiger partial charge in [-0.3, -0.25) is 9.69 Å². The predicted octanol–water partition coefficient (Wildman–Crippen LogP) is 1.43. The molecule has 0 aliphatic carbocycles. The fourth-order valence-corrected chi connectivity index (χ4v) is 2.09. The number of aromatic amines is 1. The third-order valence-electron chi connectivity index (χ3n) is 3.09. The van der Waals surface area contributed by atoms with E-state index in [9.17, 15) is 9.90 Å². The Kier molecular flexibility index (Phi) is 3.25. The van der Waals surface area contributed by atoms with Gasteiger partial charge < -0.3 is 15.2 Å². The van der Waals surface area contributed by atoms with Crippen molar-refractivity contribution in [3.05, 3.63) is 30.0 Å². The second-order valence-corrected chi connectivity index (χ2v) is 4.54. The highest BCUT2D eigenvalue weighted by molar-refractivity contribution is 5.89. The summed E-state index contributed by atoms with van der Waals surface area (Å²) < 4.78 is 0. The number of nitrogens with one attached hydrogen (secondary N) is 1. The molecule has 2 rings (SSSR count). The van der Waals surface area contributed by atoms with E-state index in [0.717, 1.165) is 11.1 Å². The van der Waals surface area contributed by atoms with Crippen molar-refractivity contribution in [3.8, 4) is 5.75 Å². The summed E-state index contributed by atoms with van der Waals surface area (Å²) in [6.07, 6.45) is 2.10. The third-order valence-corrected chi connectivity index (χ3v) is 3.09. The first-order valence-corrected chi connectivity index (χ1v) is 5.68. The van der Waals surface area contributed by atoms with Crippen LogP contribution >= 0.6 is 0 Å². The third kappa shape index (κ3) is 2.17. The van der Waals surface area contributed by atoms with Crippen LogP contribution in [-0.2, 0) is 11.2 Å². The topological polar surface area (TPSA) is 76.6 Å². The van der Waals surface area contributed by atoms with Crippen LogP contribution in [0.25, 0.3) is 10.9 Å². The van der Waals surface area contributed by atoms with Crippen LogP contribution in [0.4, 0.5) is 0 Å². The molecular weight excluding hydrogens is 232 g/mol. The van der Waals surface area contributed by atoms with E-state index in [1.165, 1.54) is 0 Å². The van der Waals surface area contributed by atoms with Gasteiger partial charge >= 0.3 is 5.97 Å². The molecule has 0 radical (unpaired) electrons. The summed E-state index contributed by atoms with van der Waals surface area (Å²) in [6.45, 7) is 0. The van der Waals surface area contributed by atoms with Gasteiger partial charge in [-0.2, -0.15) is 0 Å². The van der Waals surface area contributed by atoms with Crippen LogP contribution in [0.2, 0.25) is 0 Å². The number of aromatic nitrogens is 1. The Morgan fingerprint density at radius 3 is 2.78 bits per heavy atom. The lowest BCUT2D eigenvalue weighted by atomic mass is 10.0. The van der Waals surface area contributed by atoms with Gasteiger partial charge in [0.25, 0.3) is 0 Å². The number of fused-ring (bicyclic) bond motifs is 1. The molecule has 2 aromatic rings. The molecule has 5 nitrogen and oxygen atoms in total. The Balaban J connectivity index is 2.40. The second kappa shape index (κ2) is 4.70. The molecule has 1 atom stereocenters. The number of aliphatic carboxylic acids is 1. The van der Waals surface area contributed by atoms with Crippen molar-refractivity contribution in [1.29, 1.82) is 0 Å². The molecule has 96 valence electrons. The first-order chi connectivity index (χ1) is 8.50. The predicted molar refractivity (Wildman–Crippen MR) is 68.8 cm³/mol. The van der Waals surface area contributed by atoms with Gasteiger partial charge in [0.2, 0.25) is 0 Å². The fraction of sp³-hybridized carbons (Fsp3) is 0.308. The van der Waals surface area contributed by atoms with Crippen LogP contribution in [-0.4, -0.2) is 46.2 Å². The van der Waals surface area contributed by atoms with Crippen molar-refractivity contribution in [2.24, 2.45) is 0 Å². The van der Waals surface area contributed by atoms with E-state index in [1.54, 1.807) is 37.3 Å². The molecule has 0 aliphatic rings. The highest BCUT2D eigenvalue weighted by atomic mass is 16.4. The highest BCUT2D eigenvalue weighted by Crippen LogP contribution is 2.28. The SMILES string of the molecule is CN(C)[C@@H](Cc1c[nH]c2cccc(O)c12)C(=O)O. The minimum absolute atomic E-state index is 0.173. The number of benzene rings is 1. The van der Waals surface area contributed by atoms with Gasteiger partial charge in [-0.15, -0.1) is 0 Å². The average molecular weight is 248 g/mol. The van der Waals surface area contributed by atoms with Gasteiger partial charge in [0.15, 0.2) is 0 Å². The molecule has 1 heterocycles. The zero-order chi connectivity index (χ0) is 13.3. The molecule has 0 spiro atoms. The van der Waals surface area contributed by atoms with Crippen molar-refractivity contribution in [2.45, 2.75) is 12.5 Å². The number of hydrogen-bond acceptors (Lipinski definition) is 3. The number of carboxylic acids is 1. The number of rotatable bonds is 4. The van der Waals surface area contributed by atoms with E-state index in [1.807, 2.05) is 6.07 Å². The number of likely N-dealkylation sites (N-methyl/N-ethyl adjacent to an activating group) is 1. The van der Waals surface area contributed by atoms with Crippen LogP contribution in [0.15, 0.2) is 24.4 Å². The normalized spacial score (nSPS) is 13.1. The van der Waals surface area contributed by atoms with E-state index in [2.05, 4.69) is 4.98 Å². The lowest BCUT2D eigenvalue weighted by Crippen LogP contribution is -2.37. The number of hydrogen-bond donors (Lipinski definition) is 3. The van der Waals surface area contributed by atoms with Gasteiger partial charge in [0, 0.05) is 23.5 Å². The number of phenols is 1. The monoisotopic (exact) mass is 248 g/mol. The fourth-order valence-electron chi connectivity index (χ4n) is 2.09. The summed E-state index contributed by atoms with van der Waals surface area (Å²) in [7, 11) is 3.46. The number of carbonyl (C=O) groups is 1. The Morgan fingerprint density at radius 1 is 1.44 bits per heavy atom. The average Bonchev–Trinajstić information content (AvgIpc) is 2.69. The lowest BCUT2D eigenvalue weighted by Gasteiger charge is -2.19. The maximum atomic E-state index is 11.2. The summed E-state index contributed by atoms with van der Waals surface area (Å²) in [5.41, 5.74) is 1.62. The van der Waals surface area contributed by atoms with Crippen molar-refractivity contribution >= 4 is 16.9 Å². The van der Waals surface area contributed by atoms with Crippen LogP contribution in [0.3, 0.4) is 0 Å². The Labute approximate surface area is 105 Å². The standard InChI is InChI=1S/C13H16N2O3/c1-15(2)10(13(17)18)6-8-7-14-9-4-3-5-11(16)12(8)9/h3-5,7,10,14,16H,6H2,1-2H3,(H,17,18)/t10-/m0/s1. The molecular formula is C13H16N2O3. The van der Waals surface area contributed by atoms with Crippen LogP contribution in [0, 0.1) is 0 Å². The number of nitrogens with zero attached hydrogens (tertiary/aromatic N) is 1. The summed E-state index contributed by atoms with van der Waals surface area (Å²) in [4.78, 5) is 15.9. The van der Waals surface area contributed by atoms with Crippen molar-refractivity contribution in [1.82, 2.24) is 9.88 Å². The van der Waals surface area contributed by atoms with E-state index < -0.39 is 12.0 Å². The second-order valence-electron chi connectivity index (χ2n) is 4.54. The highest BCUT2D eigenvalue weighted by Gasteiger charge is 2.22. The summed E-state index contributed by atoms with van der Waals surface area (Å²) in [5.74, 6) is -0.698. The van der Waals surface area contributed by atoms with Gasteiger partial charge in [0.05, 0.1) is 0 Å². The van der Waals surface area contributed by atoms with Crippen molar-refractivity contribution < 1.29 is 15.0 Å². The zero-order valence-corrected chi connectivity index (χ0v) is 10.3. The lowest BCUT2D eigenvalue weighted by molar-refractivity contribution is -0.142. The van der Waals surface area contributed by atoms with Crippen molar-refractivity contribution in [2.75, 3.05) is 14.1 Å². The minimum atomic E-state index is -0.871. The van der Waals surface area contributed by atoms with Gasteiger partial charge in [-0.25, -0.2) is 0 Å². The largest absolute Gasteiger partial charge is 0.507 e. The van der Waals surface area contributed by atoms with Crippen molar-refractivity contribution in [3.63, 3.8) is 0 Å². The molecule has 5 heteroatoms. The summed E-state index contributed by atoms with van der Waals surface area (Å²) in [6, 6.07) is 4.59. The maximum Gasteiger partial charge on any atom is 0.321 e. The molecule has 0 amide bonds. The Bertz CT molecular complexity index is 575. The zero-order valence-electron chi connectivity index (χ0n) is 10.3. The molecule has 1 aromatic carbocycles. The first kappa shape index (κ1) is 12.4. The van der Waals surface area contributed by atoms with Gasteiger partial charge in [-0.1, -0.05) is 6.07 Å². The summed E-state index contributed by atoms with van der Waals surface area (Å²) in [5, 5.41) is 19.7.